The lowest BCUT2D eigenvalue weighted by molar-refractivity contribution is 0.322. The van der Waals surface area contributed by atoms with Crippen molar-refractivity contribution in [3.63, 3.8) is 0 Å². The van der Waals surface area contributed by atoms with E-state index in [9.17, 15) is 0 Å². The molecule has 0 saturated carbocycles. The summed E-state index contributed by atoms with van der Waals surface area (Å²) in [5.74, 6) is 0. The molecule has 1 aromatic rings. The average molecular weight is 213 g/mol. The zero-order valence-electron chi connectivity index (χ0n) is 9.30. The fourth-order valence-electron chi connectivity index (χ4n) is 1.38. The first-order valence-corrected chi connectivity index (χ1v) is 5.05. The van der Waals surface area contributed by atoms with Crippen LogP contribution in [0.3, 0.4) is 0 Å². The lowest BCUT2D eigenvalue weighted by Gasteiger charge is -2.02. The fraction of sp³-hybridized carbons (Fsp3) is 0.0714. The molecule has 0 radical (unpaired) electrons. The quantitative estimate of drug-likeness (QED) is 0.352. The molecular weight excluding hydrogens is 198 g/mol. The maximum atomic E-state index is 8.40. The van der Waals surface area contributed by atoms with E-state index in [1.807, 2.05) is 49.4 Å². The molecule has 0 unspecified atom stereocenters. The molecule has 1 N–H and O–H groups in total. The normalized spacial score (nSPS) is 12.4. The second kappa shape index (κ2) is 6.40. The van der Waals surface area contributed by atoms with E-state index in [2.05, 4.69) is 11.7 Å². The minimum atomic E-state index is 0.865. The summed E-state index contributed by atoms with van der Waals surface area (Å²) in [7, 11) is 0. The Morgan fingerprint density at radius 1 is 1.31 bits per heavy atom. The van der Waals surface area contributed by atoms with Crippen LogP contribution in [0.1, 0.15) is 18.1 Å². The Hall–Kier alpha value is -2.09. The summed E-state index contributed by atoms with van der Waals surface area (Å²) in [6.07, 6.45) is 9.12. The van der Waals surface area contributed by atoms with Gasteiger partial charge >= 0.3 is 0 Å². The van der Waals surface area contributed by atoms with Crippen LogP contribution in [0.2, 0.25) is 0 Å². The Kier molecular flexibility index (Phi) is 4.80. The molecule has 16 heavy (non-hydrogen) atoms. The molecule has 0 bridgehead atoms. The van der Waals surface area contributed by atoms with Crippen LogP contribution in [-0.2, 0) is 0 Å². The number of oxime groups is 1. The number of nitrogens with zero attached hydrogens (tertiary/aromatic N) is 1. The van der Waals surface area contributed by atoms with Gasteiger partial charge in [-0.2, -0.15) is 0 Å². The molecule has 0 aliphatic rings. The Bertz CT molecular complexity index is 425. The van der Waals surface area contributed by atoms with Gasteiger partial charge in [-0.1, -0.05) is 60.3 Å². The molecule has 1 rings (SSSR count). The van der Waals surface area contributed by atoms with Crippen molar-refractivity contribution < 1.29 is 5.21 Å². The highest BCUT2D eigenvalue weighted by Crippen LogP contribution is 2.16. The van der Waals surface area contributed by atoms with Crippen LogP contribution < -0.4 is 0 Å². The van der Waals surface area contributed by atoms with E-state index >= 15 is 0 Å². The predicted octanol–water partition coefficient (Wildman–Crippen LogP) is 3.64. The summed E-state index contributed by atoms with van der Waals surface area (Å²) >= 11 is 0. The lowest BCUT2D eigenvalue weighted by atomic mass is 10.0. The van der Waals surface area contributed by atoms with Gasteiger partial charge in [-0.25, -0.2) is 0 Å². The van der Waals surface area contributed by atoms with E-state index in [0.717, 1.165) is 16.7 Å². The number of hydrogen-bond acceptors (Lipinski definition) is 2. The first-order valence-electron chi connectivity index (χ1n) is 5.05. The van der Waals surface area contributed by atoms with Gasteiger partial charge in [-0.15, -0.1) is 0 Å². The van der Waals surface area contributed by atoms with Crippen LogP contribution in [0.4, 0.5) is 0 Å². The Morgan fingerprint density at radius 3 is 2.50 bits per heavy atom. The van der Waals surface area contributed by atoms with Crippen molar-refractivity contribution in [3.8, 4) is 0 Å². The van der Waals surface area contributed by atoms with E-state index in [0.29, 0.717) is 0 Å². The van der Waals surface area contributed by atoms with Gasteiger partial charge in [0.25, 0.3) is 0 Å². The van der Waals surface area contributed by atoms with Gasteiger partial charge < -0.3 is 5.21 Å². The molecule has 0 saturated heterocycles. The SMILES string of the molecule is C=C/C=C(\C=C/C)c1ccc(/C=N\O)cc1. The molecule has 0 aliphatic heterocycles. The van der Waals surface area contributed by atoms with Crippen molar-refractivity contribution in [1.29, 1.82) is 0 Å². The Morgan fingerprint density at radius 2 is 2.00 bits per heavy atom. The van der Waals surface area contributed by atoms with Crippen molar-refractivity contribution in [3.05, 3.63) is 66.3 Å². The molecule has 2 heteroatoms. The van der Waals surface area contributed by atoms with Crippen LogP contribution >= 0.6 is 0 Å². The fourth-order valence-corrected chi connectivity index (χ4v) is 1.38. The van der Waals surface area contributed by atoms with Crippen molar-refractivity contribution in [2.75, 3.05) is 0 Å². The number of benzene rings is 1. The maximum absolute atomic E-state index is 8.40. The van der Waals surface area contributed by atoms with Gasteiger partial charge in [0.05, 0.1) is 6.21 Å². The third kappa shape index (κ3) is 3.24. The van der Waals surface area contributed by atoms with Gasteiger partial charge in [0, 0.05) is 0 Å². The molecular formula is C14H15NO. The second-order valence-electron chi connectivity index (χ2n) is 3.22. The van der Waals surface area contributed by atoms with Crippen molar-refractivity contribution in [2.45, 2.75) is 6.92 Å². The zero-order chi connectivity index (χ0) is 11.8. The zero-order valence-corrected chi connectivity index (χ0v) is 9.30. The molecule has 0 spiro atoms. The first-order chi connectivity index (χ1) is 7.81. The Balaban J connectivity index is 3.03. The maximum Gasteiger partial charge on any atom is 0.0733 e. The van der Waals surface area contributed by atoms with E-state index in [4.69, 9.17) is 5.21 Å². The van der Waals surface area contributed by atoms with Crippen LogP contribution in [0.25, 0.3) is 5.57 Å². The number of allylic oxidation sites excluding steroid dienone is 5. The van der Waals surface area contributed by atoms with E-state index in [1.54, 1.807) is 6.08 Å². The largest absolute Gasteiger partial charge is 0.411 e. The van der Waals surface area contributed by atoms with Crippen LogP contribution in [-0.4, -0.2) is 11.4 Å². The van der Waals surface area contributed by atoms with Gasteiger partial charge in [0.1, 0.15) is 0 Å². The van der Waals surface area contributed by atoms with Crippen molar-refractivity contribution >= 4 is 11.8 Å². The standard InChI is InChI=1S/C14H15NO/c1-3-5-13(6-4-2)14-9-7-12(8-10-14)11-15-16/h3-11,16H,1H2,2H3/b6-4-,13-5+,15-11-. The molecule has 1 aromatic carbocycles. The van der Waals surface area contributed by atoms with Gasteiger partial charge in [-0.05, 0) is 23.6 Å². The summed E-state index contributed by atoms with van der Waals surface area (Å²) in [6.45, 7) is 5.67. The molecule has 0 aromatic heterocycles. The van der Waals surface area contributed by atoms with Crippen molar-refractivity contribution in [1.82, 2.24) is 0 Å². The molecule has 0 amide bonds. The summed E-state index contributed by atoms with van der Waals surface area (Å²) in [5, 5.41) is 11.4. The van der Waals surface area contributed by atoms with Crippen LogP contribution in [0.5, 0.6) is 0 Å². The Labute approximate surface area is 95.9 Å². The molecule has 82 valence electrons. The van der Waals surface area contributed by atoms with E-state index in [-0.39, 0.29) is 0 Å². The van der Waals surface area contributed by atoms with Crippen LogP contribution in [0, 0.1) is 0 Å². The van der Waals surface area contributed by atoms with Gasteiger partial charge in [-0.3, -0.25) is 0 Å². The third-order valence-corrected chi connectivity index (χ3v) is 2.09. The van der Waals surface area contributed by atoms with Crippen LogP contribution in [0.15, 0.2) is 60.3 Å². The summed E-state index contributed by atoms with van der Waals surface area (Å²) < 4.78 is 0. The predicted molar refractivity (Wildman–Crippen MR) is 68.8 cm³/mol. The van der Waals surface area contributed by atoms with Gasteiger partial charge in [0.15, 0.2) is 0 Å². The third-order valence-electron chi connectivity index (χ3n) is 2.09. The first kappa shape index (κ1) is 12.0. The lowest BCUT2D eigenvalue weighted by Crippen LogP contribution is -1.84. The number of rotatable bonds is 4. The molecule has 0 atom stereocenters. The molecule has 2 nitrogen and oxygen atoms in total. The molecule has 0 fully saturated rings. The highest BCUT2D eigenvalue weighted by Gasteiger charge is 1.96. The average Bonchev–Trinajstić information content (AvgIpc) is 2.30. The topological polar surface area (TPSA) is 32.6 Å². The highest BCUT2D eigenvalue weighted by atomic mass is 16.4. The molecule has 0 heterocycles. The summed E-state index contributed by atoms with van der Waals surface area (Å²) in [5.41, 5.74) is 3.07. The smallest absolute Gasteiger partial charge is 0.0733 e. The van der Waals surface area contributed by atoms with E-state index in [1.165, 1.54) is 6.21 Å². The molecule has 0 aliphatic carbocycles. The summed E-state index contributed by atoms with van der Waals surface area (Å²) in [4.78, 5) is 0. The second-order valence-corrected chi connectivity index (χ2v) is 3.22. The number of hydrogen-bond donors (Lipinski definition) is 1. The minimum Gasteiger partial charge on any atom is -0.411 e. The van der Waals surface area contributed by atoms with Crippen molar-refractivity contribution in [2.24, 2.45) is 5.16 Å². The summed E-state index contributed by atoms with van der Waals surface area (Å²) in [6, 6.07) is 7.75. The highest BCUT2D eigenvalue weighted by molar-refractivity contribution is 5.81. The van der Waals surface area contributed by atoms with Gasteiger partial charge in [0.2, 0.25) is 0 Å². The minimum absolute atomic E-state index is 0.865. The monoisotopic (exact) mass is 213 g/mol. The van der Waals surface area contributed by atoms with E-state index < -0.39 is 0 Å².